The van der Waals surface area contributed by atoms with E-state index >= 15 is 0 Å². The van der Waals surface area contributed by atoms with E-state index in [4.69, 9.17) is 0 Å². The first-order chi connectivity index (χ1) is 21.7. The summed E-state index contributed by atoms with van der Waals surface area (Å²) in [5.41, 5.74) is 3.65. The minimum Gasteiger partial charge on any atom is -0.321 e. The Labute approximate surface area is 278 Å². The van der Waals surface area contributed by atoms with Crippen LogP contribution in [0.5, 0.6) is 0 Å². The number of hydrogen-bond acceptors (Lipinski definition) is 6. The molecule has 5 aromatic rings. The lowest BCUT2D eigenvalue weighted by Crippen LogP contribution is -2.30. The second-order valence-electron chi connectivity index (χ2n) is 9.95. The van der Waals surface area contributed by atoms with Crippen LogP contribution in [0.15, 0.2) is 124 Å². The molecular weight excluding hydrogens is 668 g/mol. The van der Waals surface area contributed by atoms with Crippen molar-refractivity contribution >= 4 is 73.6 Å². The van der Waals surface area contributed by atoms with Crippen molar-refractivity contribution in [1.29, 1.82) is 0 Å². The normalized spacial score (nSPS) is 11.8. The van der Waals surface area contributed by atoms with Gasteiger partial charge in [-0.3, -0.25) is 14.4 Å². The van der Waals surface area contributed by atoms with Gasteiger partial charge in [0.15, 0.2) is 5.13 Å². The zero-order chi connectivity index (χ0) is 31.8. The number of carbonyl (C=O) groups is 3. The van der Waals surface area contributed by atoms with Gasteiger partial charge in [0.1, 0.15) is 5.70 Å². The lowest BCUT2D eigenvalue weighted by atomic mass is 10.1. The summed E-state index contributed by atoms with van der Waals surface area (Å²) in [5.74, 6) is -1.06. The Kier molecular flexibility index (Phi) is 10.6. The average molecular weight is 698 g/mol. The Morgan fingerprint density at radius 1 is 0.867 bits per heavy atom. The molecule has 0 bridgehead atoms. The highest BCUT2D eigenvalue weighted by molar-refractivity contribution is 9.10. The lowest BCUT2D eigenvalue weighted by molar-refractivity contribution is -0.115. The van der Waals surface area contributed by atoms with Crippen LogP contribution < -0.4 is 16.0 Å². The van der Waals surface area contributed by atoms with E-state index in [0.717, 1.165) is 31.1 Å². The van der Waals surface area contributed by atoms with Crippen LogP contribution in [0.25, 0.3) is 17.3 Å². The Morgan fingerprint density at radius 3 is 2.27 bits per heavy atom. The predicted molar refractivity (Wildman–Crippen MR) is 187 cm³/mol. The molecule has 3 amide bonds. The van der Waals surface area contributed by atoms with E-state index in [0.29, 0.717) is 16.4 Å². The Hall–Kier alpha value is -4.51. The van der Waals surface area contributed by atoms with Crippen LogP contribution in [0.3, 0.4) is 0 Å². The molecule has 7 nitrogen and oxygen atoms in total. The summed E-state index contributed by atoms with van der Waals surface area (Å²) in [7, 11) is 0. The fraction of sp³-hybridized carbons (Fsp3) is 0.0857. The Balaban J connectivity index is 1.26. The first-order valence-electron chi connectivity index (χ1n) is 14.0. The SMILES string of the molecule is Cc1sc(NC(=O)C(C)Sc2cccc(NC(=O)/C(=C/c3ccc(Br)cc3)NC(=O)c3ccccc3)c2)nc1-c1ccccc1. The molecule has 0 saturated heterocycles. The van der Waals surface area contributed by atoms with Gasteiger partial charge >= 0.3 is 0 Å². The van der Waals surface area contributed by atoms with E-state index < -0.39 is 17.1 Å². The van der Waals surface area contributed by atoms with Gasteiger partial charge in [0.2, 0.25) is 5.91 Å². The molecule has 1 heterocycles. The molecule has 0 radical (unpaired) electrons. The van der Waals surface area contributed by atoms with Crippen molar-refractivity contribution in [1.82, 2.24) is 10.3 Å². The summed E-state index contributed by atoms with van der Waals surface area (Å²) < 4.78 is 0.898. The highest BCUT2D eigenvalue weighted by Crippen LogP contribution is 2.32. The fourth-order valence-electron chi connectivity index (χ4n) is 4.29. The monoisotopic (exact) mass is 696 g/mol. The highest BCUT2D eigenvalue weighted by Gasteiger charge is 2.19. The van der Waals surface area contributed by atoms with Crippen molar-refractivity contribution in [3.05, 3.63) is 135 Å². The molecule has 3 N–H and O–H groups in total. The van der Waals surface area contributed by atoms with Gasteiger partial charge in [0.05, 0.1) is 10.9 Å². The number of nitrogens with zero attached hydrogens (tertiary/aromatic N) is 1. The van der Waals surface area contributed by atoms with Crippen LogP contribution in [0, 0.1) is 6.92 Å². The number of aryl methyl sites for hydroxylation is 1. The molecule has 10 heteroatoms. The highest BCUT2D eigenvalue weighted by atomic mass is 79.9. The maximum atomic E-state index is 13.4. The minimum absolute atomic E-state index is 0.0885. The number of thioether (sulfide) groups is 1. The van der Waals surface area contributed by atoms with Gasteiger partial charge in [-0.1, -0.05) is 82.7 Å². The van der Waals surface area contributed by atoms with E-state index in [-0.39, 0.29) is 11.6 Å². The standard InChI is InChI=1S/C35H29BrN4O3S2/c1-22-31(25-10-5-3-6-11-25)39-35(45-22)40-32(41)23(2)44-29-15-9-14-28(21-29)37-34(43)30(20-24-16-18-27(36)19-17-24)38-33(42)26-12-7-4-8-13-26/h3-21,23H,1-2H3,(H,37,43)(H,38,42)(H,39,40,41)/b30-20-. The smallest absolute Gasteiger partial charge is 0.272 e. The number of benzene rings is 4. The van der Waals surface area contributed by atoms with Gasteiger partial charge in [0, 0.05) is 31.1 Å². The number of thiazole rings is 1. The van der Waals surface area contributed by atoms with Crippen LogP contribution in [0.1, 0.15) is 27.7 Å². The molecule has 226 valence electrons. The molecule has 4 aromatic carbocycles. The van der Waals surface area contributed by atoms with Crippen molar-refractivity contribution in [2.45, 2.75) is 24.0 Å². The van der Waals surface area contributed by atoms with Crippen molar-refractivity contribution in [2.24, 2.45) is 0 Å². The number of halogens is 1. The molecule has 0 fully saturated rings. The fourth-order valence-corrected chi connectivity index (χ4v) is 6.32. The first-order valence-corrected chi connectivity index (χ1v) is 16.5. The summed E-state index contributed by atoms with van der Waals surface area (Å²) in [5, 5.41) is 8.69. The van der Waals surface area contributed by atoms with Gasteiger partial charge in [-0.05, 0) is 68.0 Å². The van der Waals surface area contributed by atoms with Gasteiger partial charge in [-0.2, -0.15) is 0 Å². The number of carbonyl (C=O) groups excluding carboxylic acids is 3. The zero-order valence-corrected chi connectivity index (χ0v) is 27.6. The molecule has 1 atom stereocenters. The predicted octanol–water partition coefficient (Wildman–Crippen LogP) is 8.41. The van der Waals surface area contributed by atoms with Crippen LogP contribution in [0.2, 0.25) is 0 Å². The maximum absolute atomic E-state index is 13.4. The van der Waals surface area contributed by atoms with Gasteiger partial charge < -0.3 is 16.0 Å². The van der Waals surface area contributed by atoms with Gasteiger partial charge in [0.25, 0.3) is 11.8 Å². The van der Waals surface area contributed by atoms with E-state index in [9.17, 15) is 14.4 Å². The number of amides is 3. The summed E-state index contributed by atoms with van der Waals surface area (Å²) >= 11 is 6.22. The number of aromatic nitrogens is 1. The Morgan fingerprint density at radius 2 is 1.56 bits per heavy atom. The molecule has 0 aliphatic rings. The lowest BCUT2D eigenvalue weighted by Gasteiger charge is -2.13. The van der Waals surface area contributed by atoms with Crippen LogP contribution in [-0.2, 0) is 9.59 Å². The van der Waals surface area contributed by atoms with Crippen molar-refractivity contribution < 1.29 is 14.4 Å². The van der Waals surface area contributed by atoms with Crippen molar-refractivity contribution in [3.8, 4) is 11.3 Å². The number of rotatable bonds is 10. The summed E-state index contributed by atoms with van der Waals surface area (Å²) in [6, 6.07) is 33.2. The van der Waals surface area contributed by atoms with Crippen molar-refractivity contribution in [2.75, 3.05) is 10.6 Å². The van der Waals surface area contributed by atoms with E-state index in [1.165, 1.54) is 23.1 Å². The average Bonchev–Trinajstić information content (AvgIpc) is 3.42. The molecule has 0 aliphatic heterocycles. The molecule has 5 rings (SSSR count). The number of anilines is 2. The summed E-state index contributed by atoms with van der Waals surface area (Å²) in [6.07, 6.45) is 1.62. The molecule has 0 aliphatic carbocycles. The van der Waals surface area contributed by atoms with Gasteiger partial charge in [-0.25, -0.2) is 4.98 Å². The van der Waals surface area contributed by atoms with Gasteiger partial charge in [-0.15, -0.1) is 23.1 Å². The van der Waals surface area contributed by atoms with E-state index in [1.807, 2.05) is 80.6 Å². The first kappa shape index (κ1) is 31.9. The minimum atomic E-state index is -0.483. The third kappa shape index (κ3) is 8.78. The van der Waals surface area contributed by atoms with Crippen LogP contribution >= 0.6 is 39.0 Å². The quantitative estimate of drug-likeness (QED) is 0.101. The summed E-state index contributed by atoms with van der Waals surface area (Å²) in [4.78, 5) is 45.9. The molecule has 1 aromatic heterocycles. The number of hydrogen-bond donors (Lipinski definition) is 3. The molecule has 45 heavy (non-hydrogen) atoms. The topological polar surface area (TPSA) is 100 Å². The second-order valence-corrected chi connectivity index (χ2v) is 13.5. The third-order valence-corrected chi connectivity index (χ3v) is 9.07. The largest absolute Gasteiger partial charge is 0.321 e. The van der Waals surface area contributed by atoms with E-state index in [1.54, 1.807) is 48.5 Å². The third-order valence-electron chi connectivity index (χ3n) is 6.56. The van der Waals surface area contributed by atoms with E-state index in [2.05, 4.69) is 36.9 Å². The molecule has 0 spiro atoms. The zero-order valence-electron chi connectivity index (χ0n) is 24.4. The number of nitrogens with one attached hydrogen (secondary N) is 3. The Bertz CT molecular complexity index is 1840. The summed E-state index contributed by atoms with van der Waals surface area (Å²) in [6.45, 7) is 3.81. The molecular formula is C35H29BrN4O3S2. The second kappa shape index (κ2) is 15.0. The molecule has 1 unspecified atom stereocenters. The molecule has 0 saturated carbocycles. The van der Waals surface area contributed by atoms with Crippen LogP contribution in [0.4, 0.5) is 10.8 Å². The van der Waals surface area contributed by atoms with Crippen molar-refractivity contribution in [3.63, 3.8) is 0 Å². The maximum Gasteiger partial charge on any atom is 0.272 e. The van der Waals surface area contributed by atoms with Crippen LogP contribution in [-0.4, -0.2) is 28.0 Å².